The van der Waals surface area contributed by atoms with Gasteiger partial charge in [-0.3, -0.25) is 14.4 Å². The highest BCUT2D eigenvalue weighted by atomic mass is 16.3. The van der Waals surface area contributed by atoms with Crippen LogP contribution in [0.3, 0.4) is 0 Å². The van der Waals surface area contributed by atoms with Crippen LogP contribution in [0.4, 0.5) is 0 Å². The highest BCUT2D eigenvalue weighted by Gasteiger charge is 2.35. The first-order chi connectivity index (χ1) is 12.6. The number of rotatable bonds is 5. The van der Waals surface area contributed by atoms with E-state index in [4.69, 9.17) is 4.42 Å². The van der Waals surface area contributed by atoms with Gasteiger partial charge in [0.05, 0.1) is 6.26 Å². The lowest BCUT2D eigenvalue weighted by atomic mass is 10.0. The molecule has 2 aliphatic rings. The van der Waals surface area contributed by atoms with Gasteiger partial charge in [-0.25, -0.2) is 0 Å². The molecule has 1 N–H and O–H groups in total. The van der Waals surface area contributed by atoms with Crippen molar-refractivity contribution in [1.29, 1.82) is 0 Å². The Labute approximate surface area is 153 Å². The minimum atomic E-state index is -0.336. The fourth-order valence-corrected chi connectivity index (χ4v) is 3.78. The Morgan fingerprint density at radius 1 is 1.19 bits per heavy atom. The predicted molar refractivity (Wildman–Crippen MR) is 95.4 cm³/mol. The summed E-state index contributed by atoms with van der Waals surface area (Å²) >= 11 is 0. The van der Waals surface area contributed by atoms with E-state index in [1.54, 1.807) is 21.9 Å². The summed E-state index contributed by atoms with van der Waals surface area (Å²) in [6.07, 6.45) is 5.83. The second kappa shape index (κ2) is 8.38. The molecule has 0 radical (unpaired) electrons. The van der Waals surface area contributed by atoms with E-state index in [1.807, 2.05) is 6.92 Å². The van der Waals surface area contributed by atoms with Crippen LogP contribution in [0.5, 0.6) is 0 Å². The molecule has 26 heavy (non-hydrogen) atoms. The molecular weight excluding hydrogens is 334 g/mol. The van der Waals surface area contributed by atoms with Crippen molar-refractivity contribution in [2.75, 3.05) is 19.6 Å². The summed E-state index contributed by atoms with van der Waals surface area (Å²) < 4.78 is 5.16. The molecule has 0 spiro atoms. The average molecular weight is 361 g/mol. The predicted octanol–water partition coefficient (Wildman–Crippen LogP) is 1.79. The molecule has 7 nitrogen and oxygen atoms in total. The summed E-state index contributed by atoms with van der Waals surface area (Å²) in [6, 6.07) is 3.08. The summed E-state index contributed by atoms with van der Waals surface area (Å²) in [5.74, 6) is 0.266. The van der Waals surface area contributed by atoms with Crippen molar-refractivity contribution in [3.05, 3.63) is 24.2 Å². The van der Waals surface area contributed by atoms with Crippen molar-refractivity contribution in [3.63, 3.8) is 0 Å². The number of likely N-dealkylation sites (tertiary alicyclic amines) is 2. The average Bonchev–Trinajstić information content (AvgIpc) is 3.34. The van der Waals surface area contributed by atoms with Gasteiger partial charge in [0.15, 0.2) is 5.76 Å². The zero-order chi connectivity index (χ0) is 18.5. The van der Waals surface area contributed by atoms with Crippen LogP contribution in [0.25, 0.3) is 0 Å². The Hall–Kier alpha value is -2.31. The molecule has 1 atom stereocenters. The molecular formula is C19H27N3O4. The second-order valence-electron chi connectivity index (χ2n) is 7.05. The third-order valence-corrected chi connectivity index (χ3v) is 5.20. The number of nitrogens with one attached hydrogen (secondary N) is 1. The van der Waals surface area contributed by atoms with Crippen LogP contribution in [0.15, 0.2) is 22.8 Å². The molecule has 3 rings (SSSR count). The van der Waals surface area contributed by atoms with E-state index in [0.29, 0.717) is 44.7 Å². The maximum atomic E-state index is 12.6. The molecule has 0 saturated carbocycles. The monoisotopic (exact) mass is 361 g/mol. The fourth-order valence-electron chi connectivity index (χ4n) is 3.78. The molecule has 1 aromatic rings. The third-order valence-electron chi connectivity index (χ3n) is 5.20. The highest BCUT2D eigenvalue weighted by Crippen LogP contribution is 2.20. The Morgan fingerprint density at radius 2 is 1.96 bits per heavy atom. The molecule has 0 aromatic carbocycles. The molecule has 0 bridgehead atoms. The van der Waals surface area contributed by atoms with E-state index in [9.17, 15) is 14.4 Å². The largest absolute Gasteiger partial charge is 0.459 e. The number of hydrogen-bond donors (Lipinski definition) is 1. The van der Waals surface area contributed by atoms with Gasteiger partial charge in [-0.2, -0.15) is 0 Å². The summed E-state index contributed by atoms with van der Waals surface area (Å²) in [5, 5.41) is 3.09. The summed E-state index contributed by atoms with van der Waals surface area (Å²) in [7, 11) is 0. The molecule has 7 heteroatoms. The fraction of sp³-hybridized carbons (Fsp3) is 0.632. The van der Waals surface area contributed by atoms with E-state index in [0.717, 1.165) is 19.3 Å². The van der Waals surface area contributed by atoms with Crippen LogP contribution in [0.1, 0.15) is 56.0 Å². The standard InChI is InChI=1S/C19H27N3O4/c1-2-5-17(23)22-10-3-6-15(22)18(24)20-14-8-11-21(12-9-14)19(25)16-7-4-13-26-16/h4,7,13-15H,2-3,5-6,8-12H2,1H3,(H,20,24). The van der Waals surface area contributed by atoms with E-state index in [-0.39, 0.29) is 29.8 Å². The Kier molecular flexibility index (Phi) is 5.96. The SMILES string of the molecule is CCCC(=O)N1CCCC1C(=O)NC1CCN(C(=O)c2ccco2)CC1. The van der Waals surface area contributed by atoms with E-state index < -0.39 is 0 Å². The van der Waals surface area contributed by atoms with Gasteiger partial charge < -0.3 is 19.5 Å². The van der Waals surface area contributed by atoms with Crippen molar-refractivity contribution in [2.45, 2.75) is 57.5 Å². The normalized spacial score (nSPS) is 21.0. The molecule has 1 aromatic heterocycles. The minimum Gasteiger partial charge on any atom is -0.459 e. The highest BCUT2D eigenvalue weighted by molar-refractivity contribution is 5.91. The first-order valence-corrected chi connectivity index (χ1v) is 9.52. The first-order valence-electron chi connectivity index (χ1n) is 9.52. The lowest BCUT2D eigenvalue weighted by molar-refractivity contribution is -0.138. The second-order valence-corrected chi connectivity index (χ2v) is 7.05. The van der Waals surface area contributed by atoms with Crippen LogP contribution < -0.4 is 5.32 Å². The number of amides is 3. The summed E-state index contributed by atoms with van der Waals surface area (Å²) in [6.45, 7) is 3.83. The van der Waals surface area contributed by atoms with E-state index in [1.165, 1.54) is 6.26 Å². The quantitative estimate of drug-likeness (QED) is 0.867. The van der Waals surface area contributed by atoms with Gasteiger partial charge in [-0.15, -0.1) is 0 Å². The van der Waals surface area contributed by atoms with Crippen LogP contribution in [-0.2, 0) is 9.59 Å². The first kappa shape index (κ1) is 18.5. The minimum absolute atomic E-state index is 0.0480. The van der Waals surface area contributed by atoms with Gasteiger partial charge in [0.1, 0.15) is 6.04 Å². The van der Waals surface area contributed by atoms with Crippen molar-refractivity contribution in [1.82, 2.24) is 15.1 Å². The van der Waals surface area contributed by atoms with Gasteiger partial charge in [0.2, 0.25) is 11.8 Å². The molecule has 2 fully saturated rings. The van der Waals surface area contributed by atoms with Crippen LogP contribution in [-0.4, -0.2) is 59.2 Å². The van der Waals surface area contributed by atoms with Gasteiger partial charge in [0.25, 0.3) is 5.91 Å². The van der Waals surface area contributed by atoms with Crippen molar-refractivity contribution >= 4 is 17.7 Å². The van der Waals surface area contributed by atoms with Crippen molar-refractivity contribution in [2.24, 2.45) is 0 Å². The van der Waals surface area contributed by atoms with Gasteiger partial charge in [0, 0.05) is 32.1 Å². The van der Waals surface area contributed by atoms with Crippen molar-refractivity contribution in [3.8, 4) is 0 Å². The Bertz CT molecular complexity index is 635. The number of hydrogen-bond acceptors (Lipinski definition) is 4. The molecule has 3 amide bonds. The number of carbonyl (C=O) groups is 3. The van der Waals surface area contributed by atoms with E-state index >= 15 is 0 Å². The van der Waals surface area contributed by atoms with Gasteiger partial charge in [-0.05, 0) is 44.2 Å². The molecule has 2 aliphatic heterocycles. The number of piperidine rings is 1. The third kappa shape index (κ3) is 4.08. The lowest BCUT2D eigenvalue weighted by Crippen LogP contribution is -2.52. The van der Waals surface area contributed by atoms with E-state index in [2.05, 4.69) is 5.32 Å². The summed E-state index contributed by atoms with van der Waals surface area (Å²) in [5.41, 5.74) is 0. The van der Waals surface area contributed by atoms with Crippen molar-refractivity contribution < 1.29 is 18.8 Å². The number of carbonyl (C=O) groups excluding carboxylic acids is 3. The zero-order valence-electron chi connectivity index (χ0n) is 15.3. The van der Waals surface area contributed by atoms with Crippen LogP contribution in [0.2, 0.25) is 0 Å². The molecule has 0 aliphatic carbocycles. The number of nitrogens with zero attached hydrogens (tertiary/aromatic N) is 2. The molecule has 2 saturated heterocycles. The Balaban J connectivity index is 1.49. The molecule has 1 unspecified atom stereocenters. The van der Waals surface area contributed by atoms with Crippen LogP contribution in [0, 0.1) is 0 Å². The molecule has 3 heterocycles. The lowest BCUT2D eigenvalue weighted by Gasteiger charge is -2.33. The maximum Gasteiger partial charge on any atom is 0.289 e. The Morgan fingerprint density at radius 3 is 2.62 bits per heavy atom. The van der Waals surface area contributed by atoms with Gasteiger partial charge in [-0.1, -0.05) is 6.92 Å². The topological polar surface area (TPSA) is 82.9 Å². The number of furan rings is 1. The van der Waals surface area contributed by atoms with Gasteiger partial charge >= 0.3 is 0 Å². The zero-order valence-corrected chi connectivity index (χ0v) is 15.3. The smallest absolute Gasteiger partial charge is 0.289 e. The van der Waals surface area contributed by atoms with Crippen LogP contribution >= 0.6 is 0 Å². The summed E-state index contributed by atoms with van der Waals surface area (Å²) in [4.78, 5) is 40.6. The maximum absolute atomic E-state index is 12.6. The molecule has 142 valence electrons.